The van der Waals surface area contributed by atoms with Crippen molar-refractivity contribution in [2.75, 3.05) is 24.2 Å². The number of benzene rings is 2. The Kier molecular flexibility index (Phi) is 8.31. The molecule has 2 rings (SSSR count). The highest BCUT2D eigenvalue weighted by molar-refractivity contribution is 7.99. The zero-order valence-corrected chi connectivity index (χ0v) is 16.0. The van der Waals surface area contributed by atoms with E-state index < -0.39 is 0 Å². The normalized spacial score (nSPS) is 10.2. The van der Waals surface area contributed by atoms with Gasteiger partial charge in [0.2, 0.25) is 5.91 Å². The van der Waals surface area contributed by atoms with E-state index in [1.54, 1.807) is 36.0 Å². The number of amides is 2. The third-order valence-electron chi connectivity index (χ3n) is 3.31. The van der Waals surface area contributed by atoms with Gasteiger partial charge in [0.05, 0.1) is 5.02 Å². The van der Waals surface area contributed by atoms with Crippen LogP contribution in [0.3, 0.4) is 0 Å². The molecule has 0 spiro atoms. The monoisotopic (exact) mass is 392 g/mol. The van der Waals surface area contributed by atoms with E-state index in [-0.39, 0.29) is 18.4 Å². The van der Waals surface area contributed by atoms with Crippen molar-refractivity contribution in [1.82, 2.24) is 5.32 Å². The predicted molar refractivity (Wildman–Crippen MR) is 106 cm³/mol. The van der Waals surface area contributed by atoms with Crippen LogP contribution in [0.4, 0.5) is 5.69 Å². The molecule has 0 heterocycles. The molecule has 138 valence electrons. The van der Waals surface area contributed by atoms with Crippen LogP contribution in [0.2, 0.25) is 5.02 Å². The lowest BCUT2D eigenvalue weighted by Crippen LogP contribution is -2.28. The van der Waals surface area contributed by atoms with Crippen molar-refractivity contribution < 1.29 is 14.3 Å². The van der Waals surface area contributed by atoms with Crippen molar-refractivity contribution >= 4 is 40.9 Å². The molecule has 2 N–H and O–H groups in total. The van der Waals surface area contributed by atoms with Crippen molar-refractivity contribution in [2.45, 2.75) is 18.2 Å². The van der Waals surface area contributed by atoms with Crippen molar-refractivity contribution in [3.8, 4) is 5.75 Å². The molecule has 0 aromatic heterocycles. The lowest BCUT2D eigenvalue weighted by molar-refractivity contribution is -0.123. The fourth-order valence-corrected chi connectivity index (χ4v) is 3.26. The number of rotatable bonds is 9. The van der Waals surface area contributed by atoms with Crippen LogP contribution < -0.4 is 15.4 Å². The molecule has 0 bridgehead atoms. The third kappa shape index (κ3) is 6.98. The van der Waals surface area contributed by atoms with E-state index in [0.717, 1.165) is 4.90 Å². The van der Waals surface area contributed by atoms with Crippen molar-refractivity contribution in [1.29, 1.82) is 0 Å². The second kappa shape index (κ2) is 10.7. The summed E-state index contributed by atoms with van der Waals surface area (Å²) in [5.41, 5.74) is 0.683. The summed E-state index contributed by atoms with van der Waals surface area (Å²) in [6, 6.07) is 14.5. The SMILES string of the molecule is CCNC(=O)COc1ccc(NC(=O)CCSc2ccccc2Cl)cc1. The minimum atomic E-state index is -0.166. The predicted octanol–water partition coefficient (Wildman–Crippen LogP) is 3.98. The Labute approximate surface area is 162 Å². The molecule has 26 heavy (non-hydrogen) atoms. The minimum Gasteiger partial charge on any atom is -0.484 e. The molecule has 0 atom stereocenters. The molecule has 2 amide bonds. The zero-order valence-electron chi connectivity index (χ0n) is 14.5. The highest BCUT2D eigenvalue weighted by Crippen LogP contribution is 2.27. The minimum absolute atomic E-state index is 0.0290. The number of halogens is 1. The smallest absolute Gasteiger partial charge is 0.257 e. The zero-order chi connectivity index (χ0) is 18.8. The summed E-state index contributed by atoms with van der Waals surface area (Å²) in [5, 5.41) is 6.19. The Hall–Kier alpha value is -2.18. The Morgan fingerprint density at radius 1 is 1.08 bits per heavy atom. The lowest BCUT2D eigenvalue weighted by Gasteiger charge is -2.08. The number of anilines is 1. The van der Waals surface area contributed by atoms with Crippen LogP contribution >= 0.6 is 23.4 Å². The number of ether oxygens (including phenoxy) is 1. The van der Waals surface area contributed by atoms with Crippen LogP contribution in [0.1, 0.15) is 13.3 Å². The summed E-state index contributed by atoms with van der Waals surface area (Å²) in [6.07, 6.45) is 0.380. The summed E-state index contributed by atoms with van der Waals surface area (Å²) >= 11 is 7.64. The van der Waals surface area contributed by atoms with Crippen LogP contribution in [0.15, 0.2) is 53.4 Å². The highest BCUT2D eigenvalue weighted by atomic mass is 35.5. The van der Waals surface area contributed by atoms with Crippen LogP contribution in [0, 0.1) is 0 Å². The molecule has 5 nitrogen and oxygen atoms in total. The van der Waals surface area contributed by atoms with Gasteiger partial charge in [-0.15, -0.1) is 11.8 Å². The quantitative estimate of drug-likeness (QED) is 0.633. The first-order valence-corrected chi connectivity index (χ1v) is 9.61. The van der Waals surface area contributed by atoms with Gasteiger partial charge < -0.3 is 15.4 Å². The maximum absolute atomic E-state index is 12.0. The first kappa shape index (κ1) is 20.1. The van der Waals surface area contributed by atoms with Gasteiger partial charge in [-0.1, -0.05) is 23.7 Å². The van der Waals surface area contributed by atoms with E-state index in [2.05, 4.69) is 10.6 Å². The van der Waals surface area contributed by atoms with E-state index in [0.29, 0.717) is 35.2 Å². The Morgan fingerprint density at radius 2 is 1.81 bits per heavy atom. The third-order valence-corrected chi connectivity index (χ3v) is 4.82. The largest absolute Gasteiger partial charge is 0.484 e. The van der Waals surface area contributed by atoms with Crippen LogP contribution in [0.5, 0.6) is 5.75 Å². The van der Waals surface area contributed by atoms with Gasteiger partial charge in [0.15, 0.2) is 6.61 Å². The molecule has 0 saturated carbocycles. The Balaban J connectivity index is 1.73. The fourth-order valence-electron chi connectivity index (χ4n) is 2.07. The molecule has 0 aliphatic carbocycles. The van der Waals surface area contributed by atoms with Gasteiger partial charge in [0.25, 0.3) is 5.91 Å². The van der Waals surface area contributed by atoms with Gasteiger partial charge in [-0.3, -0.25) is 9.59 Å². The summed E-state index contributed by atoms with van der Waals surface area (Å²) in [4.78, 5) is 24.3. The fraction of sp³-hybridized carbons (Fsp3) is 0.263. The standard InChI is InChI=1S/C19H21ClN2O3S/c1-2-21-19(24)13-25-15-9-7-14(8-10-15)22-18(23)11-12-26-17-6-4-3-5-16(17)20/h3-10H,2,11-13H2,1H3,(H,21,24)(H,22,23). The van der Waals surface area contributed by atoms with Gasteiger partial charge in [0, 0.05) is 29.3 Å². The van der Waals surface area contributed by atoms with Crippen molar-refractivity contribution in [3.05, 3.63) is 53.6 Å². The number of thioether (sulfide) groups is 1. The van der Waals surface area contributed by atoms with E-state index in [1.165, 1.54) is 0 Å². The Bertz CT molecular complexity index is 738. The summed E-state index contributed by atoms with van der Waals surface area (Å²) in [5.74, 6) is 0.980. The van der Waals surface area contributed by atoms with Gasteiger partial charge >= 0.3 is 0 Å². The van der Waals surface area contributed by atoms with Gasteiger partial charge in [-0.25, -0.2) is 0 Å². The van der Waals surface area contributed by atoms with E-state index in [9.17, 15) is 9.59 Å². The molecule has 0 saturated heterocycles. The first-order chi connectivity index (χ1) is 12.6. The van der Waals surface area contributed by atoms with Crippen LogP contribution in [-0.4, -0.2) is 30.7 Å². The maximum atomic E-state index is 12.0. The maximum Gasteiger partial charge on any atom is 0.257 e. The molecular formula is C19H21ClN2O3S. The molecule has 0 aliphatic heterocycles. The second-order valence-corrected chi connectivity index (χ2v) is 6.89. The van der Waals surface area contributed by atoms with Gasteiger partial charge in [-0.2, -0.15) is 0 Å². The van der Waals surface area contributed by atoms with Crippen LogP contribution in [0.25, 0.3) is 0 Å². The molecule has 0 unspecified atom stereocenters. The van der Waals surface area contributed by atoms with E-state index in [1.807, 2.05) is 31.2 Å². The van der Waals surface area contributed by atoms with Crippen molar-refractivity contribution in [2.24, 2.45) is 0 Å². The number of carbonyl (C=O) groups excluding carboxylic acids is 2. The molecule has 0 radical (unpaired) electrons. The second-order valence-electron chi connectivity index (χ2n) is 5.34. The molecule has 7 heteroatoms. The van der Waals surface area contributed by atoms with Gasteiger partial charge in [0.1, 0.15) is 5.75 Å². The summed E-state index contributed by atoms with van der Waals surface area (Å²) in [7, 11) is 0. The number of hydrogen-bond donors (Lipinski definition) is 2. The number of nitrogens with one attached hydrogen (secondary N) is 2. The van der Waals surface area contributed by atoms with E-state index >= 15 is 0 Å². The molecular weight excluding hydrogens is 372 g/mol. The van der Waals surface area contributed by atoms with Crippen LogP contribution in [-0.2, 0) is 9.59 Å². The van der Waals surface area contributed by atoms with Gasteiger partial charge in [-0.05, 0) is 43.3 Å². The molecule has 2 aromatic carbocycles. The topological polar surface area (TPSA) is 67.4 Å². The molecule has 2 aromatic rings. The Morgan fingerprint density at radius 3 is 2.50 bits per heavy atom. The van der Waals surface area contributed by atoms with E-state index in [4.69, 9.17) is 16.3 Å². The number of hydrogen-bond acceptors (Lipinski definition) is 4. The molecule has 0 aliphatic rings. The number of carbonyl (C=O) groups is 2. The highest BCUT2D eigenvalue weighted by Gasteiger charge is 2.06. The summed E-state index contributed by atoms with van der Waals surface area (Å²) < 4.78 is 5.36. The lowest BCUT2D eigenvalue weighted by atomic mass is 10.3. The molecule has 0 fully saturated rings. The first-order valence-electron chi connectivity index (χ1n) is 8.25. The number of likely N-dealkylation sites (N-methyl/N-ethyl adjacent to an activating group) is 1. The average molecular weight is 393 g/mol. The average Bonchev–Trinajstić information content (AvgIpc) is 2.63. The van der Waals surface area contributed by atoms with Crippen molar-refractivity contribution in [3.63, 3.8) is 0 Å². The summed E-state index contributed by atoms with van der Waals surface area (Å²) in [6.45, 7) is 2.39.